The molecule has 25 heavy (non-hydrogen) atoms. The van der Waals surface area contributed by atoms with Crippen molar-refractivity contribution in [2.45, 2.75) is 20.4 Å². The zero-order valence-electron chi connectivity index (χ0n) is 14.5. The third-order valence-electron chi connectivity index (χ3n) is 4.54. The Balaban J connectivity index is 1.85. The van der Waals surface area contributed by atoms with Crippen LogP contribution in [0.25, 0.3) is 16.9 Å². The monoisotopic (exact) mass is 327 g/mol. The van der Waals surface area contributed by atoms with E-state index in [4.69, 9.17) is 4.98 Å². The van der Waals surface area contributed by atoms with Crippen LogP contribution in [0, 0.1) is 13.8 Å². The number of nitrogens with zero attached hydrogens (tertiary/aromatic N) is 2. The molecule has 0 radical (unpaired) electrons. The van der Waals surface area contributed by atoms with Crippen LogP contribution in [-0.2, 0) is 6.54 Å². The fourth-order valence-electron chi connectivity index (χ4n) is 3.23. The number of aryl methyl sites for hydroxylation is 2. The second kappa shape index (κ2) is 6.44. The van der Waals surface area contributed by atoms with E-state index in [-0.39, 0.29) is 0 Å². The second-order valence-electron chi connectivity index (χ2n) is 6.32. The van der Waals surface area contributed by atoms with Gasteiger partial charge in [-0.05, 0) is 37.1 Å². The molecule has 0 bridgehead atoms. The highest BCUT2D eigenvalue weighted by Gasteiger charge is 2.16. The van der Waals surface area contributed by atoms with Crippen molar-refractivity contribution in [1.82, 2.24) is 9.38 Å². The molecule has 0 atom stereocenters. The average Bonchev–Trinajstić information content (AvgIpc) is 3.01. The maximum Gasteiger partial charge on any atom is 0.139 e. The van der Waals surface area contributed by atoms with Crippen molar-refractivity contribution >= 4 is 11.5 Å². The summed E-state index contributed by atoms with van der Waals surface area (Å²) in [5.41, 5.74) is 6.78. The van der Waals surface area contributed by atoms with E-state index < -0.39 is 0 Å². The number of benzene rings is 2. The number of fused-ring (bicyclic) bond motifs is 1. The summed E-state index contributed by atoms with van der Waals surface area (Å²) in [6.45, 7) is 5.01. The molecule has 2 aromatic heterocycles. The van der Waals surface area contributed by atoms with E-state index in [0.717, 1.165) is 23.7 Å². The zero-order chi connectivity index (χ0) is 17.2. The van der Waals surface area contributed by atoms with Crippen molar-refractivity contribution < 1.29 is 0 Å². The molecule has 0 saturated heterocycles. The molecule has 0 aliphatic carbocycles. The lowest BCUT2D eigenvalue weighted by Gasteiger charge is -2.11. The average molecular weight is 327 g/mol. The predicted octanol–water partition coefficient (Wildman–Crippen LogP) is 5.23. The molecule has 0 unspecified atom stereocenters. The van der Waals surface area contributed by atoms with Crippen molar-refractivity contribution in [2.75, 3.05) is 5.32 Å². The summed E-state index contributed by atoms with van der Waals surface area (Å²) in [7, 11) is 0. The van der Waals surface area contributed by atoms with E-state index in [1.165, 1.54) is 22.4 Å². The van der Waals surface area contributed by atoms with Crippen LogP contribution in [0.5, 0.6) is 0 Å². The molecule has 3 nitrogen and oxygen atoms in total. The smallest absolute Gasteiger partial charge is 0.139 e. The third kappa shape index (κ3) is 2.89. The summed E-state index contributed by atoms with van der Waals surface area (Å²) in [6, 6.07) is 25.1. The lowest BCUT2D eigenvalue weighted by atomic mass is 10.1. The van der Waals surface area contributed by atoms with Gasteiger partial charge in [-0.3, -0.25) is 4.40 Å². The first-order valence-electron chi connectivity index (χ1n) is 8.56. The first-order valence-corrected chi connectivity index (χ1v) is 8.56. The molecular weight excluding hydrogens is 306 g/mol. The van der Waals surface area contributed by atoms with Crippen molar-refractivity contribution in [3.63, 3.8) is 0 Å². The topological polar surface area (TPSA) is 29.3 Å². The molecule has 4 aromatic rings. The molecule has 0 amide bonds. The quantitative estimate of drug-likeness (QED) is 0.556. The third-order valence-corrected chi connectivity index (χ3v) is 4.54. The van der Waals surface area contributed by atoms with Crippen molar-refractivity contribution in [1.29, 1.82) is 0 Å². The second-order valence-corrected chi connectivity index (χ2v) is 6.32. The standard InChI is InChI=1S/C22H21N3/c1-16-9-6-7-13-19(16)21-22(23-15-18-11-4-3-5-12-18)25-17(2)10-8-14-20(25)24-21/h3-14,23H,15H2,1-2H3. The van der Waals surface area contributed by atoms with Gasteiger partial charge in [0.15, 0.2) is 0 Å². The Morgan fingerprint density at radius 3 is 2.40 bits per heavy atom. The number of hydrogen-bond acceptors (Lipinski definition) is 2. The Morgan fingerprint density at radius 2 is 1.60 bits per heavy atom. The Hall–Kier alpha value is -3.07. The van der Waals surface area contributed by atoms with Crippen molar-refractivity contribution in [3.8, 4) is 11.3 Å². The van der Waals surface area contributed by atoms with E-state index in [0.29, 0.717) is 0 Å². The summed E-state index contributed by atoms with van der Waals surface area (Å²) in [5.74, 6) is 1.05. The van der Waals surface area contributed by atoms with Crippen LogP contribution < -0.4 is 5.32 Å². The highest BCUT2D eigenvalue weighted by molar-refractivity contribution is 5.78. The predicted molar refractivity (Wildman–Crippen MR) is 104 cm³/mol. The van der Waals surface area contributed by atoms with Crippen LogP contribution in [0.4, 0.5) is 5.82 Å². The number of pyridine rings is 1. The van der Waals surface area contributed by atoms with Gasteiger partial charge in [-0.2, -0.15) is 0 Å². The molecule has 3 heteroatoms. The Labute approximate surface area is 148 Å². The van der Waals surface area contributed by atoms with Crippen molar-refractivity contribution in [3.05, 3.63) is 89.6 Å². The van der Waals surface area contributed by atoms with Crippen LogP contribution in [0.3, 0.4) is 0 Å². The van der Waals surface area contributed by atoms with Gasteiger partial charge in [-0.25, -0.2) is 4.98 Å². The lowest BCUT2D eigenvalue weighted by molar-refractivity contribution is 1.04. The maximum atomic E-state index is 4.92. The first kappa shape index (κ1) is 15.5. The minimum atomic E-state index is 0.766. The Morgan fingerprint density at radius 1 is 0.840 bits per heavy atom. The maximum absolute atomic E-state index is 4.92. The molecule has 4 rings (SSSR count). The summed E-state index contributed by atoms with van der Waals surface area (Å²) >= 11 is 0. The summed E-state index contributed by atoms with van der Waals surface area (Å²) in [6.07, 6.45) is 0. The molecule has 0 saturated carbocycles. The molecule has 1 N–H and O–H groups in total. The van der Waals surface area contributed by atoms with Crippen LogP contribution >= 0.6 is 0 Å². The van der Waals surface area contributed by atoms with E-state index in [2.05, 4.69) is 90.3 Å². The largest absolute Gasteiger partial charge is 0.365 e. The minimum absolute atomic E-state index is 0.766. The van der Waals surface area contributed by atoms with Gasteiger partial charge in [0.25, 0.3) is 0 Å². The first-order chi connectivity index (χ1) is 12.2. The van der Waals surface area contributed by atoms with E-state index >= 15 is 0 Å². The molecule has 0 fully saturated rings. The summed E-state index contributed by atoms with van der Waals surface area (Å²) < 4.78 is 2.20. The number of rotatable bonds is 4. The number of nitrogens with one attached hydrogen (secondary N) is 1. The van der Waals surface area contributed by atoms with Gasteiger partial charge in [0.2, 0.25) is 0 Å². The van der Waals surface area contributed by atoms with Gasteiger partial charge in [0.05, 0.1) is 0 Å². The number of aromatic nitrogens is 2. The van der Waals surface area contributed by atoms with Gasteiger partial charge in [-0.1, -0.05) is 60.7 Å². The Bertz CT molecular complexity index is 1020. The van der Waals surface area contributed by atoms with Crippen LogP contribution in [0.15, 0.2) is 72.8 Å². The molecule has 0 aliphatic heterocycles. The fraction of sp³-hybridized carbons (Fsp3) is 0.136. The van der Waals surface area contributed by atoms with Crippen molar-refractivity contribution in [2.24, 2.45) is 0 Å². The molecular formula is C22H21N3. The highest BCUT2D eigenvalue weighted by atomic mass is 15.1. The Kier molecular flexibility index (Phi) is 3.98. The molecule has 2 aromatic carbocycles. The summed E-state index contributed by atoms with van der Waals surface area (Å²) in [4.78, 5) is 4.92. The molecule has 2 heterocycles. The molecule has 0 spiro atoms. The van der Waals surface area contributed by atoms with E-state index in [9.17, 15) is 0 Å². The van der Waals surface area contributed by atoms with Crippen LogP contribution in [0.1, 0.15) is 16.8 Å². The SMILES string of the molecule is Cc1ccccc1-c1nc2cccc(C)n2c1NCc1ccccc1. The number of imidazole rings is 1. The molecule has 124 valence electrons. The van der Waals surface area contributed by atoms with Gasteiger partial charge in [0.1, 0.15) is 17.2 Å². The lowest BCUT2D eigenvalue weighted by Crippen LogP contribution is -2.05. The molecule has 0 aliphatic rings. The summed E-state index contributed by atoms with van der Waals surface area (Å²) in [5, 5.41) is 3.62. The van der Waals surface area contributed by atoms with E-state index in [1.807, 2.05) is 6.07 Å². The fourth-order valence-corrected chi connectivity index (χ4v) is 3.23. The normalized spacial score (nSPS) is 11.0. The zero-order valence-corrected chi connectivity index (χ0v) is 14.5. The van der Waals surface area contributed by atoms with Gasteiger partial charge in [0, 0.05) is 17.8 Å². The highest BCUT2D eigenvalue weighted by Crippen LogP contribution is 2.32. The minimum Gasteiger partial charge on any atom is -0.365 e. The van der Waals surface area contributed by atoms with Crippen LogP contribution in [-0.4, -0.2) is 9.38 Å². The van der Waals surface area contributed by atoms with Crippen LogP contribution in [0.2, 0.25) is 0 Å². The van der Waals surface area contributed by atoms with Gasteiger partial charge < -0.3 is 5.32 Å². The number of anilines is 1. The van der Waals surface area contributed by atoms with Gasteiger partial charge >= 0.3 is 0 Å². The number of hydrogen-bond donors (Lipinski definition) is 1. The van der Waals surface area contributed by atoms with Gasteiger partial charge in [-0.15, -0.1) is 0 Å². The van der Waals surface area contributed by atoms with E-state index in [1.54, 1.807) is 0 Å².